The molecule has 2 rings (SSSR count). The number of benzene rings is 1. The molecular formula is C20H29NO8. The highest BCUT2D eigenvalue weighted by Crippen LogP contribution is 2.28. The van der Waals surface area contributed by atoms with Gasteiger partial charge in [-0.1, -0.05) is 31.2 Å². The second-order valence-electron chi connectivity index (χ2n) is 6.99. The number of carbonyl (C=O) groups excluding carboxylic acids is 1. The van der Waals surface area contributed by atoms with Gasteiger partial charge in [-0.05, 0) is 24.1 Å². The quantitative estimate of drug-likeness (QED) is 0.319. The van der Waals surface area contributed by atoms with E-state index in [1.165, 1.54) is 0 Å². The van der Waals surface area contributed by atoms with Gasteiger partial charge in [0.1, 0.15) is 18.3 Å². The fraction of sp³-hybridized carbons (Fsp3) is 0.550. The van der Waals surface area contributed by atoms with E-state index in [1.54, 1.807) is 31.4 Å². The molecule has 0 spiro atoms. The maximum absolute atomic E-state index is 12.4. The van der Waals surface area contributed by atoms with Crippen molar-refractivity contribution in [2.75, 3.05) is 19.0 Å². The van der Waals surface area contributed by atoms with Crippen LogP contribution in [0.2, 0.25) is 0 Å². The summed E-state index contributed by atoms with van der Waals surface area (Å²) < 4.78 is 10.5. The van der Waals surface area contributed by atoms with E-state index in [9.17, 15) is 25.2 Å². The average Bonchev–Trinajstić information content (AvgIpc) is 2.71. The SMILES string of the molecule is CO[C@H](c1ccc(NC(=O)[C@H]2O[C@@H](O)[C@H](O)[C@@H](O)[C@@H]2O)cc1)[C@H](C)/C=C/CCO. The van der Waals surface area contributed by atoms with E-state index in [2.05, 4.69) is 5.32 Å². The number of rotatable bonds is 8. The van der Waals surface area contributed by atoms with Gasteiger partial charge in [0.2, 0.25) is 0 Å². The van der Waals surface area contributed by atoms with E-state index >= 15 is 0 Å². The molecule has 29 heavy (non-hydrogen) atoms. The van der Waals surface area contributed by atoms with E-state index in [-0.39, 0.29) is 18.6 Å². The molecular weight excluding hydrogens is 382 g/mol. The molecule has 0 bridgehead atoms. The van der Waals surface area contributed by atoms with Crippen molar-refractivity contribution >= 4 is 11.6 Å². The van der Waals surface area contributed by atoms with Gasteiger partial charge in [0.25, 0.3) is 5.91 Å². The Morgan fingerprint density at radius 3 is 2.41 bits per heavy atom. The number of aliphatic hydroxyl groups excluding tert-OH is 5. The number of nitrogens with one attached hydrogen (secondary N) is 1. The topological polar surface area (TPSA) is 149 Å². The molecule has 1 fully saturated rings. The molecule has 9 nitrogen and oxygen atoms in total. The zero-order chi connectivity index (χ0) is 21.6. The van der Waals surface area contributed by atoms with Crippen LogP contribution < -0.4 is 5.32 Å². The summed E-state index contributed by atoms with van der Waals surface area (Å²) in [5.74, 6) is -0.703. The van der Waals surface area contributed by atoms with E-state index in [0.29, 0.717) is 12.1 Å². The standard InChI is InChI=1S/C20H29NO8/c1-11(5-3-4-10-22)17(28-2)12-6-8-13(9-7-12)21-19(26)18-15(24)14(23)16(25)20(27)29-18/h3,5-9,11,14-18,20,22-25,27H,4,10H2,1-2H3,(H,21,26)/b5-3+/t11-,14+,15+,16-,17+,18+,20-/m1/s1. The van der Waals surface area contributed by atoms with E-state index in [4.69, 9.17) is 14.6 Å². The normalized spacial score (nSPS) is 29.6. The largest absolute Gasteiger partial charge is 0.396 e. The molecule has 9 heteroatoms. The van der Waals surface area contributed by atoms with Crippen LogP contribution in [-0.4, -0.2) is 75.9 Å². The van der Waals surface area contributed by atoms with Crippen molar-refractivity contribution < 1.29 is 39.8 Å². The number of methoxy groups -OCH3 is 1. The van der Waals surface area contributed by atoms with Crippen LogP contribution in [0.15, 0.2) is 36.4 Å². The number of ether oxygens (including phenoxy) is 2. The predicted molar refractivity (Wildman–Crippen MR) is 104 cm³/mol. The summed E-state index contributed by atoms with van der Waals surface area (Å²) in [6.45, 7) is 2.08. The summed E-state index contributed by atoms with van der Waals surface area (Å²) in [4.78, 5) is 12.4. The number of carbonyl (C=O) groups is 1. The molecule has 0 aromatic heterocycles. The minimum Gasteiger partial charge on any atom is -0.396 e. The first-order valence-electron chi connectivity index (χ1n) is 9.39. The van der Waals surface area contributed by atoms with Gasteiger partial charge in [-0.2, -0.15) is 0 Å². The first kappa shape index (κ1) is 23.4. The average molecular weight is 411 g/mol. The Balaban J connectivity index is 2.03. The molecule has 162 valence electrons. The number of amides is 1. The van der Waals surface area contributed by atoms with Crippen LogP contribution in [0, 0.1) is 5.92 Å². The first-order chi connectivity index (χ1) is 13.8. The molecule has 1 heterocycles. The molecule has 1 aliphatic rings. The lowest BCUT2D eigenvalue weighted by Gasteiger charge is -2.37. The molecule has 6 N–H and O–H groups in total. The molecule has 0 radical (unpaired) electrons. The van der Waals surface area contributed by atoms with Crippen molar-refractivity contribution in [3.05, 3.63) is 42.0 Å². The van der Waals surface area contributed by atoms with Gasteiger partial charge in [-0.3, -0.25) is 4.79 Å². The van der Waals surface area contributed by atoms with Gasteiger partial charge in [0.05, 0.1) is 6.10 Å². The van der Waals surface area contributed by atoms with Gasteiger partial charge in [-0.25, -0.2) is 0 Å². The number of aliphatic hydroxyl groups is 5. The van der Waals surface area contributed by atoms with Gasteiger partial charge < -0.3 is 40.3 Å². The summed E-state index contributed by atoms with van der Waals surface area (Å²) in [6, 6.07) is 6.87. The van der Waals surface area contributed by atoms with Crippen molar-refractivity contribution in [3.63, 3.8) is 0 Å². The number of hydrogen-bond acceptors (Lipinski definition) is 8. The maximum atomic E-state index is 12.4. The Bertz CT molecular complexity index is 680. The van der Waals surface area contributed by atoms with Crippen LogP contribution >= 0.6 is 0 Å². The first-order valence-corrected chi connectivity index (χ1v) is 9.39. The van der Waals surface area contributed by atoms with Crippen molar-refractivity contribution in [1.29, 1.82) is 0 Å². The predicted octanol–water partition coefficient (Wildman–Crippen LogP) is -0.313. The Morgan fingerprint density at radius 2 is 1.83 bits per heavy atom. The monoisotopic (exact) mass is 411 g/mol. The molecule has 1 aromatic rings. The fourth-order valence-electron chi connectivity index (χ4n) is 3.19. The summed E-state index contributed by atoms with van der Waals surface area (Å²) in [7, 11) is 1.60. The third kappa shape index (κ3) is 5.83. The van der Waals surface area contributed by atoms with Crippen LogP contribution in [0.4, 0.5) is 5.69 Å². The molecule has 0 aliphatic carbocycles. The molecule has 7 atom stereocenters. The molecule has 1 aromatic carbocycles. The lowest BCUT2D eigenvalue weighted by atomic mass is 9.96. The Labute approximate surface area is 169 Å². The molecule has 1 aliphatic heterocycles. The highest BCUT2D eigenvalue weighted by atomic mass is 16.6. The van der Waals surface area contributed by atoms with Gasteiger partial charge in [0.15, 0.2) is 12.4 Å². The minimum atomic E-state index is -1.78. The Kier molecular flexibility index (Phi) is 8.72. The lowest BCUT2D eigenvalue weighted by molar-refractivity contribution is -0.274. The van der Waals surface area contributed by atoms with E-state index in [1.807, 2.05) is 19.1 Å². The summed E-state index contributed by atoms with van der Waals surface area (Å²) in [5, 5.41) is 50.1. The summed E-state index contributed by atoms with van der Waals surface area (Å²) in [6.07, 6.45) is -4.20. The maximum Gasteiger partial charge on any atom is 0.256 e. The van der Waals surface area contributed by atoms with Crippen molar-refractivity contribution in [2.45, 2.75) is 50.2 Å². The minimum absolute atomic E-state index is 0.0622. The van der Waals surface area contributed by atoms with Gasteiger partial charge >= 0.3 is 0 Å². The number of anilines is 1. The Morgan fingerprint density at radius 1 is 1.17 bits per heavy atom. The zero-order valence-corrected chi connectivity index (χ0v) is 16.4. The van der Waals surface area contributed by atoms with Crippen LogP contribution in [0.5, 0.6) is 0 Å². The van der Waals surface area contributed by atoms with Crippen molar-refractivity contribution in [1.82, 2.24) is 0 Å². The second-order valence-corrected chi connectivity index (χ2v) is 6.99. The van der Waals surface area contributed by atoms with Crippen LogP contribution in [0.25, 0.3) is 0 Å². The molecule has 1 amide bonds. The Hall–Kier alpha value is -1.85. The van der Waals surface area contributed by atoms with E-state index in [0.717, 1.165) is 5.56 Å². The van der Waals surface area contributed by atoms with Crippen molar-refractivity contribution in [3.8, 4) is 0 Å². The highest BCUT2D eigenvalue weighted by Gasteiger charge is 2.46. The van der Waals surface area contributed by atoms with Crippen LogP contribution in [-0.2, 0) is 14.3 Å². The second kappa shape index (κ2) is 10.8. The number of hydrogen-bond donors (Lipinski definition) is 6. The van der Waals surface area contributed by atoms with E-state index < -0.39 is 36.6 Å². The van der Waals surface area contributed by atoms with Gasteiger partial charge in [0, 0.05) is 25.3 Å². The van der Waals surface area contributed by atoms with Crippen LogP contribution in [0.3, 0.4) is 0 Å². The third-order valence-electron chi connectivity index (χ3n) is 4.82. The summed E-state index contributed by atoms with van der Waals surface area (Å²) >= 11 is 0. The van der Waals surface area contributed by atoms with Crippen LogP contribution in [0.1, 0.15) is 25.0 Å². The molecule has 1 saturated heterocycles. The highest BCUT2D eigenvalue weighted by molar-refractivity contribution is 5.94. The smallest absolute Gasteiger partial charge is 0.256 e. The third-order valence-corrected chi connectivity index (χ3v) is 4.82. The molecule has 0 saturated carbocycles. The van der Waals surface area contributed by atoms with Crippen molar-refractivity contribution in [2.24, 2.45) is 5.92 Å². The lowest BCUT2D eigenvalue weighted by Crippen LogP contribution is -2.60. The fourth-order valence-corrected chi connectivity index (χ4v) is 3.19. The molecule has 0 unspecified atom stereocenters. The van der Waals surface area contributed by atoms with Gasteiger partial charge in [-0.15, -0.1) is 0 Å². The summed E-state index contributed by atoms with van der Waals surface area (Å²) in [5.41, 5.74) is 1.30. The zero-order valence-electron chi connectivity index (χ0n) is 16.4.